The molecule has 0 aromatic heterocycles. The van der Waals surface area contributed by atoms with Crippen molar-refractivity contribution in [1.29, 1.82) is 0 Å². The van der Waals surface area contributed by atoms with Crippen molar-refractivity contribution < 1.29 is 17.9 Å². The third kappa shape index (κ3) is 3.78. The van der Waals surface area contributed by atoms with Crippen LogP contribution in [0.4, 0.5) is 0 Å². The lowest BCUT2D eigenvalue weighted by Crippen LogP contribution is -2.50. The molecule has 21 heavy (non-hydrogen) atoms. The van der Waals surface area contributed by atoms with Gasteiger partial charge in [0.15, 0.2) is 0 Å². The Hall–Kier alpha value is -0.170. The van der Waals surface area contributed by atoms with Crippen LogP contribution in [-0.4, -0.2) is 58.5 Å². The predicted molar refractivity (Wildman–Crippen MR) is 80.6 cm³/mol. The molecule has 0 amide bonds. The quantitative estimate of drug-likeness (QED) is 0.771. The molecule has 1 spiro atoms. The zero-order valence-electron chi connectivity index (χ0n) is 12.9. The molecule has 2 saturated heterocycles. The minimum Gasteiger partial charge on any atom is -0.381 e. The lowest BCUT2D eigenvalue weighted by atomic mass is 9.66. The van der Waals surface area contributed by atoms with Gasteiger partial charge in [0.1, 0.15) is 0 Å². The predicted octanol–water partition coefficient (Wildman–Crippen LogP) is 1.49. The molecule has 1 aliphatic carbocycles. The Morgan fingerprint density at radius 3 is 2.52 bits per heavy atom. The van der Waals surface area contributed by atoms with E-state index >= 15 is 0 Å². The van der Waals surface area contributed by atoms with Crippen LogP contribution in [-0.2, 0) is 19.5 Å². The zero-order valence-corrected chi connectivity index (χ0v) is 13.7. The second kappa shape index (κ2) is 6.14. The van der Waals surface area contributed by atoms with Gasteiger partial charge in [-0.1, -0.05) is 0 Å². The summed E-state index contributed by atoms with van der Waals surface area (Å²) in [5.41, 5.74) is 0.225. The summed E-state index contributed by atoms with van der Waals surface area (Å²) in [4.78, 5) is 0. The molecule has 0 aromatic rings. The Bertz CT molecular complexity index is 452. The Morgan fingerprint density at radius 2 is 1.90 bits per heavy atom. The molecule has 1 unspecified atom stereocenters. The van der Waals surface area contributed by atoms with Crippen LogP contribution < -0.4 is 0 Å². The van der Waals surface area contributed by atoms with E-state index in [1.165, 1.54) is 19.1 Å². The zero-order chi connectivity index (χ0) is 14.9. The van der Waals surface area contributed by atoms with Crippen LogP contribution in [0.1, 0.15) is 32.1 Å². The molecule has 6 heteroatoms. The van der Waals surface area contributed by atoms with E-state index < -0.39 is 10.0 Å². The van der Waals surface area contributed by atoms with E-state index in [1.54, 1.807) is 4.31 Å². The first kappa shape index (κ1) is 15.7. The van der Waals surface area contributed by atoms with Gasteiger partial charge >= 0.3 is 0 Å². The van der Waals surface area contributed by atoms with Crippen LogP contribution in [0.2, 0.25) is 0 Å². The van der Waals surface area contributed by atoms with Crippen LogP contribution in [0.5, 0.6) is 0 Å². The maximum atomic E-state index is 11.7. The van der Waals surface area contributed by atoms with Crippen LogP contribution in [0.3, 0.4) is 0 Å². The SMILES string of the molecule is CS(=O)(=O)N1CCC2(CCOCC2COCC2CC2)CC1. The van der Waals surface area contributed by atoms with Crippen LogP contribution in [0.15, 0.2) is 0 Å². The van der Waals surface area contributed by atoms with E-state index in [2.05, 4.69) is 0 Å². The Morgan fingerprint density at radius 1 is 1.19 bits per heavy atom. The molecule has 2 aliphatic heterocycles. The molecule has 0 N–H and O–H groups in total. The van der Waals surface area contributed by atoms with Gasteiger partial charge in [-0.3, -0.25) is 0 Å². The highest BCUT2D eigenvalue weighted by Gasteiger charge is 2.44. The van der Waals surface area contributed by atoms with Crippen molar-refractivity contribution in [2.45, 2.75) is 32.1 Å². The van der Waals surface area contributed by atoms with E-state index in [0.29, 0.717) is 19.0 Å². The third-order valence-corrected chi connectivity index (χ3v) is 6.79. The van der Waals surface area contributed by atoms with Crippen molar-refractivity contribution in [3.63, 3.8) is 0 Å². The third-order valence-electron chi connectivity index (χ3n) is 5.49. The molecule has 0 radical (unpaired) electrons. The lowest BCUT2D eigenvalue weighted by molar-refractivity contribution is -0.0948. The number of hydrogen-bond acceptors (Lipinski definition) is 4. The second-order valence-electron chi connectivity index (χ2n) is 7.03. The van der Waals surface area contributed by atoms with Crippen molar-refractivity contribution in [2.75, 3.05) is 45.8 Å². The average Bonchev–Trinajstić information content (AvgIpc) is 3.25. The molecule has 3 fully saturated rings. The van der Waals surface area contributed by atoms with E-state index in [-0.39, 0.29) is 5.41 Å². The fourth-order valence-corrected chi connectivity index (χ4v) is 4.54. The first-order valence-corrected chi connectivity index (χ1v) is 9.95. The number of piperidine rings is 1. The van der Waals surface area contributed by atoms with Gasteiger partial charge in [0.25, 0.3) is 0 Å². The molecular formula is C15H27NO4S. The van der Waals surface area contributed by atoms with Crippen molar-refractivity contribution in [2.24, 2.45) is 17.3 Å². The highest BCUT2D eigenvalue weighted by molar-refractivity contribution is 7.88. The summed E-state index contributed by atoms with van der Waals surface area (Å²) in [6.07, 6.45) is 6.88. The topological polar surface area (TPSA) is 55.8 Å². The number of nitrogens with zero attached hydrogens (tertiary/aromatic N) is 1. The summed E-state index contributed by atoms with van der Waals surface area (Å²) < 4.78 is 36.5. The Kier molecular flexibility index (Phi) is 4.60. The smallest absolute Gasteiger partial charge is 0.211 e. The summed E-state index contributed by atoms with van der Waals surface area (Å²) in [5.74, 6) is 1.21. The van der Waals surface area contributed by atoms with Gasteiger partial charge in [0.05, 0.1) is 19.5 Å². The molecule has 3 aliphatic rings. The number of ether oxygens (including phenoxy) is 2. The molecule has 5 nitrogen and oxygen atoms in total. The van der Waals surface area contributed by atoms with Gasteiger partial charge in [0, 0.05) is 32.2 Å². The van der Waals surface area contributed by atoms with Gasteiger partial charge in [-0.25, -0.2) is 12.7 Å². The average molecular weight is 317 g/mol. The minimum absolute atomic E-state index is 0.225. The molecule has 2 heterocycles. The van der Waals surface area contributed by atoms with Crippen LogP contribution in [0.25, 0.3) is 0 Å². The molecule has 122 valence electrons. The Balaban J connectivity index is 1.57. The minimum atomic E-state index is -3.05. The van der Waals surface area contributed by atoms with Crippen LogP contribution >= 0.6 is 0 Å². The lowest BCUT2D eigenvalue weighted by Gasteiger charge is -2.48. The van der Waals surface area contributed by atoms with Crippen molar-refractivity contribution in [3.8, 4) is 0 Å². The maximum absolute atomic E-state index is 11.7. The first-order chi connectivity index (χ1) is 10.00. The largest absolute Gasteiger partial charge is 0.381 e. The van der Waals surface area contributed by atoms with E-state index in [1.807, 2.05) is 0 Å². The summed E-state index contributed by atoms with van der Waals surface area (Å²) in [7, 11) is -3.05. The molecular weight excluding hydrogens is 290 g/mol. The number of sulfonamides is 1. The first-order valence-electron chi connectivity index (χ1n) is 8.10. The Labute approximate surface area is 128 Å². The normalized spacial score (nSPS) is 30.6. The monoisotopic (exact) mass is 317 g/mol. The number of hydrogen-bond donors (Lipinski definition) is 0. The van der Waals surface area contributed by atoms with Gasteiger partial charge in [-0.05, 0) is 43.4 Å². The van der Waals surface area contributed by atoms with E-state index in [4.69, 9.17) is 9.47 Å². The fourth-order valence-electron chi connectivity index (χ4n) is 3.69. The molecule has 1 atom stereocenters. The van der Waals surface area contributed by atoms with Crippen molar-refractivity contribution in [1.82, 2.24) is 4.31 Å². The van der Waals surface area contributed by atoms with E-state index in [9.17, 15) is 8.42 Å². The second-order valence-corrected chi connectivity index (χ2v) is 9.01. The molecule has 0 aromatic carbocycles. The number of rotatable bonds is 5. The fraction of sp³-hybridized carbons (Fsp3) is 1.00. The standard InChI is InChI=1S/C15H27NO4S/c1-21(17,18)16-7-4-15(5-8-16)6-9-19-11-14(15)12-20-10-13-2-3-13/h13-14H,2-12H2,1H3. The maximum Gasteiger partial charge on any atom is 0.211 e. The molecule has 3 rings (SSSR count). The molecule has 1 saturated carbocycles. The highest BCUT2D eigenvalue weighted by atomic mass is 32.2. The van der Waals surface area contributed by atoms with Crippen molar-refractivity contribution in [3.05, 3.63) is 0 Å². The van der Waals surface area contributed by atoms with Crippen molar-refractivity contribution >= 4 is 10.0 Å². The van der Waals surface area contributed by atoms with Gasteiger partial charge < -0.3 is 9.47 Å². The van der Waals surface area contributed by atoms with E-state index in [0.717, 1.165) is 51.6 Å². The van der Waals surface area contributed by atoms with Gasteiger partial charge in [-0.15, -0.1) is 0 Å². The highest BCUT2D eigenvalue weighted by Crippen LogP contribution is 2.45. The summed E-state index contributed by atoms with van der Waals surface area (Å²) in [6.45, 7) is 4.54. The van der Waals surface area contributed by atoms with Gasteiger partial charge in [-0.2, -0.15) is 0 Å². The summed E-state index contributed by atoms with van der Waals surface area (Å²) in [5, 5.41) is 0. The van der Waals surface area contributed by atoms with Gasteiger partial charge in [0.2, 0.25) is 10.0 Å². The van der Waals surface area contributed by atoms with Crippen LogP contribution in [0, 0.1) is 17.3 Å². The summed E-state index contributed by atoms with van der Waals surface area (Å²) in [6, 6.07) is 0. The summed E-state index contributed by atoms with van der Waals surface area (Å²) >= 11 is 0. The molecule has 0 bridgehead atoms.